The van der Waals surface area contributed by atoms with E-state index in [1.807, 2.05) is 25.1 Å². The fraction of sp³-hybridized carbons (Fsp3) is 0.0667. The Hall–Kier alpha value is -2.69. The molecule has 2 aromatic carbocycles. The van der Waals surface area contributed by atoms with E-state index in [4.69, 9.17) is 0 Å². The first-order chi connectivity index (χ1) is 9.63. The Labute approximate surface area is 112 Å². The zero-order valence-corrected chi connectivity index (χ0v) is 10.6. The molecule has 0 bridgehead atoms. The minimum absolute atomic E-state index is 0.176. The molecule has 1 N–H and O–H groups in total. The normalized spacial score (nSPS) is 11.7. The molecule has 0 saturated heterocycles. The van der Waals surface area contributed by atoms with Crippen molar-refractivity contribution in [3.05, 3.63) is 58.1 Å². The molecule has 0 aliphatic heterocycles. The lowest BCUT2D eigenvalue weighted by atomic mass is 10.1. The molecule has 2 aromatic heterocycles. The summed E-state index contributed by atoms with van der Waals surface area (Å²) in [5.41, 5.74) is 2.54. The maximum atomic E-state index is 13.3. The first-order valence-corrected chi connectivity index (χ1v) is 6.24. The number of benzene rings is 2. The summed E-state index contributed by atoms with van der Waals surface area (Å²) in [5.74, 6) is -0.350. The minimum Gasteiger partial charge on any atom is -0.289 e. The summed E-state index contributed by atoms with van der Waals surface area (Å²) in [6.07, 6.45) is 0. The van der Waals surface area contributed by atoms with Gasteiger partial charge >= 0.3 is 0 Å². The van der Waals surface area contributed by atoms with Gasteiger partial charge in [0.05, 0.1) is 16.4 Å². The Morgan fingerprint density at radius 1 is 1.15 bits per heavy atom. The third-order valence-electron chi connectivity index (χ3n) is 3.48. The largest absolute Gasteiger partial charge is 0.289 e. The fourth-order valence-electron chi connectivity index (χ4n) is 2.51. The molecular weight excluding hydrogens is 257 g/mol. The molecule has 2 heterocycles. The first kappa shape index (κ1) is 11.2. The number of fused-ring (bicyclic) bond motifs is 4. The summed E-state index contributed by atoms with van der Waals surface area (Å²) >= 11 is 0. The number of aromatic amines is 1. The molecule has 0 amide bonds. The Balaban J connectivity index is 2.29. The number of nitrogens with one attached hydrogen (secondary N) is 1. The lowest BCUT2D eigenvalue weighted by Crippen LogP contribution is -2.15. The summed E-state index contributed by atoms with van der Waals surface area (Å²) < 4.78 is 14.6. The number of aryl methyl sites for hydroxylation is 1. The van der Waals surface area contributed by atoms with E-state index in [2.05, 4.69) is 10.1 Å². The third-order valence-corrected chi connectivity index (χ3v) is 3.48. The van der Waals surface area contributed by atoms with Crippen LogP contribution in [0.5, 0.6) is 0 Å². The highest BCUT2D eigenvalue weighted by Gasteiger charge is 2.11. The van der Waals surface area contributed by atoms with Gasteiger partial charge in [0.1, 0.15) is 5.82 Å². The molecule has 0 spiro atoms. The zero-order valence-electron chi connectivity index (χ0n) is 10.6. The SMILES string of the molecule is Cc1ccc2nc3c4ccc(F)cc4[nH]n3c(=O)c2c1. The lowest BCUT2D eigenvalue weighted by Gasteiger charge is -1.99. The van der Waals surface area contributed by atoms with E-state index >= 15 is 0 Å². The van der Waals surface area contributed by atoms with Gasteiger partial charge in [0.25, 0.3) is 5.56 Å². The van der Waals surface area contributed by atoms with Gasteiger partial charge in [-0.2, -0.15) is 4.52 Å². The molecule has 4 nitrogen and oxygen atoms in total. The van der Waals surface area contributed by atoms with Crippen LogP contribution in [0, 0.1) is 12.7 Å². The number of H-pyrrole nitrogens is 1. The second-order valence-electron chi connectivity index (χ2n) is 4.90. The number of aromatic nitrogens is 3. The topological polar surface area (TPSA) is 50.2 Å². The molecule has 0 radical (unpaired) electrons. The average Bonchev–Trinajstić information content (AvgIpc) is 2.78. The predicted octanol–water partition coefficient (Wildman–Crippen LogP) is 2.78. The standard InChI is InChI=1S/C15H10FN3O/c1-8-2-5-12-11(6-8)15(20)19-14(17-12)10-4-3-9(16)7-13(10)18-19/h2-7,18H,1H3. The molecular formula is C15H10FN3O. The van der Waals surface area contributed by atoms with Crippen molar-refractivity contribution in [1.29, 1.82) is 0 Å². The van der Waals surface area contributed by atoms with Gasteiger partial charge in [-0.15, -0.1) is 0 Å². The molecule has 98 valence electrons. The third kappa shape index (κ3) is 1.40. The van der Waals surface area contributed by atoms with Crippen molar-refractivity contribution < 1.29 is 4.39 Å². The molecule has 4 rings (SSSR count). The Bertz CT molecular complexity index is 1050. The van der Waals surface area contributed by atoms with Crippen LogP contribution in [0.25, 0.3) is 27.5 Å². The summed E-state index contributed by atoms with van der Waals surface area (Å²) in [5, 5.41) is 4.18. The molecule has 0 aliphatic rings. The van der Waals surface area contributed by atoms with Crippen LogP contribution in [-0.4, -0.2) is 14.6 Å². The highest BCUT2D eigenvalue weighted by atomic mass is 19.1. The van der Waals surface area contributed by atoms with E-state index < -0.39 is 0 Å². The number of rotatable bonds is 0. The summed E-state index contributed by atoms with van der Waals surface area (Å²) in [7, 11) is 0. The van der Waals surface area contributed by atoms with Crippen LogP contribution < -0.4 is 5.56 Å². The first-order valence-electron chi connectivity index (χ1n) is 6.24. The van der Waals surface area contributed by atoms with Gasteiger partial charge in [-0.05, 0) is 37.3 Å². The van der Waals surface area contributed by atoms with Crippen molar-refractivity contribution in [2.24, 2.45) is 0 Å². The second-order valence-corrected chi connectivity index (χ2v) is 4.90. The van der Waals surface area contributed by atoms with Crippen molar-refractivity contribution in [2.75, 3.05) is 0 Å². The molecule has 20 heavy (non-hydrogen) atoms. The minimum atomic E-state index is -0.350. The van der Waals surface area contributed by atoms with E-state index in [9.17, 15) is 9.18 Å². The molecule has 5 heteroatoms. The average molecular weight is 267 g/mol. The van der Waals surface area contributed by atoms with Crippen LogP contribution in [0.3, 0.4) is 0 Å². The van der Waals surface area contributed by atoms with E-state index in [0.717, 1.165) is 10.9 Å². The summed E-state index contributed by atoms with van der Waals surface area (Å²) in [4.78, 5) is 17.0. The van der Waals surface area contributed by atoms with Gasteiger partial charge in [-0.3, -0.25) is 9.89 Å². The van der Waals surface area contributed by atoms with Gasteiger partial charge in [0, 0.05) is 5.39 Å². The summed E-state index contributed by atoms with van der Waals surface area (Å²) in [6, 6.07) is 9.90. The van der Waals surface area contributed by atoms with E-state index in [1.54, 1.807) is 6.07 Å². The lowest BCUT2D eigenvalue weighted by molar-refractivity contribution is 0.629. The number of halogens is 1. The quantitative estimate of drug-likeness (QED) is 0.532. The monoisotopic (exact) mass is 267 g/mol. The van der Waals surface area contributed by atoms with E-state index in [-0.39, 0.29) is 11.4 Å². The van der Waals surface area contributed by atoms with Crippen LogP contribution in [0.15, 0.2) is 41.2 Å². The van der Waals surface area contributed by atoms with Crippen LogP contribution in [0.4, 0.5) is 4.39 Å². The van der Waals surface area contributed by atoms with Gasteiger partial charge in [0.15, 0.2) is 5.65 Å². The predicted molar refractivity (Wildman–Crippen MR) is 75.5 cm³/mol. The molecule has 0 saturated carbocycles. The fourth-order valence-corrected chi connectivity index (χ4v) is 2.51. The summed E-state index contributed by atoms with van der Waals surface area (Å²) in [6.45, 7) is 1.92. The maximum Gasteiger partial charge on any atom is 0.280 e. The van der Waals surface area contributed by atoms with Crippen LogP contribution in [0.2, 0.25) is 0 Å². The van der Waals surface area contributed by atoms with Gasteiger partial charge in [0.2, 0.25) is 0 Å². The smallest absolute Gasteiger partial charge is 0.280 e. The molecule has 4 aromatic rings. The van der Waals surface area contributed by atoms with Crippen LogP contribution in [0.1, 0.15) is 5.56 Å². The Kier molecular flexibility index (Phi) is 2.04. The molecule has 0 aliphatic carbocycles. The van der Waals surface area contributed by atoms with Gasteiger partial charge in [-0.1, -0.05) is 11.6 Å². The van der Waals surface area contributed by atoms with Crippen molar-refractivity contribution in [1.82, 2.24) is 14.6 Å². The second kappa shape index (κ2) is 3.66. The zero-order chi connectivity index (χ0) is 13.9. The Morgan fingerprint density at radius 3 is 2.85 bits per heavy atom. The molecule has 0 atom stereocenters. The maximum absolute atomic E-state index is 13.3. The van der Waals surface area contributed by atoms with E-state index in [0.29, 0.717) is 22.1 Å². The van der Waals surface area contributed by atoms with Gasteiger partial charge in [-0.25, -0.2) is 9.37 Å². The van der Waals surface area contributed by atoms with Crippen molar-refractivity contribution in [3.63, 3.8) is 0 Å². The Morgan fingerprint density at radius 2 is 2.00 bits per heavy atom. The molecule has 0 unspecified atom stereocenters. The number of nitrogens with zero attached hydrogens (tertiary/aromatic N) is 2. The number of hydrogen-bond donors (Lipinski definition) is 1. The van der Waals surface area contributed by atoms with Crippen molar-refractivity contribution >= 4 is 27.5 Å². The molecule has 0 fully saturated rings. The van der Waals surface area contributed by atoms with Crippen LogP contribution >= 0.6 is 0 Å². The van der Waals surface area contributed by atoms with Crippen molar-refractivity contribution in [2.45, 2.75) is 6.92 Å². The van der Waals surface area contributed by atoms with Crippen molar-refractivity contribution in [3.8, 4) is 0 Å². The van der Waals surface area contributed by atoms with E-state index in [1.165, 1.54) is 16.6 Å². The van der Waals surface area contributed by atoms with Crippen LogP contribution in [-0.2, 0) is 0 Å². The number of hydrogen-bond acceptors (Lipinski definition) is 2. The highest BCUT2D eigenvalue weighted by Crippen LogP contribution is 2.20. The highest BCUT2D eigenvalue weighted by molar-refractivity contribution is 5.94. The van der Waals surface area contributed by atoms with Gasteiger partial charge < -0.3 is 0 Å².